The number of rotatable bonds is 3. The van der Waals surface area contributed by atoms with Crippen molar-refractivity contribution in [3.63, 3.8) is 0 Å². The molecule has 0 atom stereocenters. The molecule has 196 valence electrons. The van der Waals surface area contributed by atoms with Crippen LogP contribution in [0, 0.1) is 18.3 Å². The van der Waals surface area contributed by atoms with E-state index in [0.29, 0.717) is 16.6 Å². The lowest BCUT2D eigenvalue weighted by atomic mass is 9.89. The molecule has 0 bridgehead atoms. The number of fused-ring (bicyclic) bond motifs is 4. The van der Waals surface area contributed by atoms with Crippen LogP contribution in [0.2, 0.25) is 0 Å². The van der Waals surface area contributed by atoms with Crippen molar-refractivity contribution in [2.45, 2.75) is 6.92 Å². The van der Waals surface area contributed by atoms with E-state index < -0.39 is 0 Å². The fourth-order valence-corrected chi connectivity index (χ4v) is 6.40. The second-order valence-electron chi connectivity index (χ2n) is 10.7. The SMILES string of the molecule is Cc1ccccc1-c1ccc2c3c1c(C#N)ccc3c(=O)n1c2nc2cc(-c3ccccc3)cc(-c3ccccc3)c21. The van der Waals surface area contributed by atoms with Crippen LogP contribution < -0.4 is 5.56 Å². The summed E-state index contributed by atoms with van der Waals surface area (Å²) < 4.78 is 1.77. The van der Waals surface area contributed by atoms with Crippen LogP contribution in [-0.2, 0) is 0 Å². The molecule has 0 amide bonds. The van der Waals surface area contributed by atoms with E-state index in [-0.39, 0.29) is 5.56 Å². The molecule has 8 rings (SSSR count). The fraction of sp³-hybridized carbons (Fsp3) is 0.0263. The predicted octanol–water partition coefficient (Wildman–Crippen LogP) is 8.77. The van der Waals surface area contributed by atoms with Gasteiger partial charge in [0.1, 0.15) is 5.65 Å². The van der Waals surface area contributed by atoms with E-state index >= 15 is 0 Å². The van der Waals surface area contributed by atoms with Crippen molar-refractivity contribution < 1.29 is 0 Å². The summed E-state index contributed by atoms with van der Waals surface area (Å²) in [7, 11) is 0. The normalized spacial score (nSPS) is 11.5. The van der Waals surface area contributed by atoms with Crippen LogP contribution >= 0.6 is 0 Å². The zero-order valence-electron chi connectivity index (χ0n) is 22.8. The summed E-state index contributed by atoms with van der Waals surface area (Å²) in [5, 5.41) is 13.2. The minimum atomic E-state index is -0.138. The third-order valence-electron chi connectivity index (χ3n) is 8.33. The smallest absolute Gasteiger partial charge is 0.264 e. The molecule has 0 saturated carbocycles. The predicted molar refractivity (Wildman–Crippen MR) is 171 cm³/mol. The molecule has 2 aromatic heterocycles. The van der Waals surface area contributed by atoms with Crippen molar-refractivity contribution in [2.24, 2.45) is 0 Å². The van der Waals surface area contributed by atoms with Gasteiger partial charge in [-0.3, -0.25) is 9.20 Å². The van der Waals surface area contributed by atoms with Gasteiger partial charge in [-0.05, 0) is 70.6 Å². The molecule has 0 N–H and O–H groups in total. The Balaban J connectivity index is 1.56. The van der Waals surface area contributed by atoms with Crippen molar-refractivity contribution in [3.8, 4) is 39.4 Å². The van der Waals surface area contributed by atoms with Gasteiger partial charge in [0.25, 0.3) is 5.56 Å². The highest BCUT2D eigenvalue weighted by Crippen LogP contribution is 2.40. The van der Waals surface area contributed by atoms with Crippen LogP contribution in [0.5, 0.6) is 0 Å². The molecule has 0 saturated heterocycles. The van der Waals surface area contributed by atoms with E-state index in [9.17, 15) is 10.1 Å². The summed E-state index contributed by atoms with van der Waals surface area (Å²) >= 11 is 0. The van der Waals surface area contributed by atoms with Crippen molar-refractivity contribution >= 4 is 38.2 Å². The molecule has 0 unspecified atom stereocenters. The third kappa shape index (κ3) is 3.41. The maximum atomic E-state index is 14.5. The number of hydrogen-bond acceptors (Lipinski definition) is 3. The summed E-state index contributed by atoms with van der Waals surface area (Å²) in [6.45, 7) is 2.07. The second-order valence-corrected chi connectivity index (χ2v) is 10.7. The first-order valence-corrected chi connectivity index (χ1v) is 13.9. The Bertz CT molecular complexity index is 2440. The summed E-state index contributed by atoms with van der Waals surface area (Å²) in [5.41, 5.74) is 9.72. The molecule has 0 radical (unpaired) electrons. The number of benzene rings is 6. The largest absolute Gasteiger partial charge is 0.268 e. The molecule has 4 nitrogen and oxygen atoms in total. The van der Waals surface area contributed by atoms with Crippen LogP contribution in [-0.4, -0.2) is 9.38 Å². The van der Waals surface area contributed by atoms with Gasteiger partial charge >= 0.3 is 0 Å². The first kappa shape index (κ1) is 24.0. The summed E-state index contributed by atoms with van der Waals surface area (Å²) in [4.78, 5) is 19.6. The molecule has 42 heavy (non-hydrogen) atoms. The number of nitriles is 1. The number of nitrogens with zero attached hydrogens (tertiary/aromatic N) is 3. The Hall–Kier alpha value is -5.79. The number of imidazole rings is 1. The molecule has 0 aliphatic carbocycles. The lowest BCUT2D eigenvalue weighted by Gasteiger charge is -2.15. The minimum absolute atomic E-state index is 0.138. The monoisotopic (exact) mass is 537 g/mol. The molecular formula is C38H23N3O. The maximum Gasteiger partial charge on any atom is 0.264 e. The molecule has 8 aromatic rings. The standard InChI is InChI=1S/C38H23N3O/c1-23-10-8-9-15-28(23)29-18-19-30-35-31(17-16-26(22-39)34(29)35)38(42)41-36-32(25-13-6-3-7-14-25)20-27(21-33(36)40-37(30)41)24-11-4-2-5-12-24/h2-21H,1H3. The highest BCUT2D eigenvalue weighted by Gasteiger charge is 2.22. The van der Waals surface area contributed by atoms with Crippen molar-refractivity contribution in [1.29, 1.82) is 5.26 Å². The van der Waals surface area contributed by atoms with Gasteiger partial charge in [0.2, 0.25) is 0 Å². The van der Waals surface area contributed by atoms with Crippen LogP contribution in [0.3, 0.4) is 0 Å². The minimum Gasteiger partial charge on any atom is -0.268 e. The zero-order chi connectivity index (χ0) is 28.4. The van der Waals surface area contributed by atoms with Crippen LogP contribution in [0.1, 0.15) is 11.1 Å². The van der Waals surface area contributed by atoms with E-state index in [2.05, 4.69) is 73.7 Å². The quantitative estimate of drug-likeness (QED) is 0.226. The Morgan fingerprint density at radius 1 is 0.643 bits per heavy atom. The summed E-state index contributed by atoms with van der Waals surface area (Å²) in [6.07, 6.45) is 0. The molecular weight excluding hydrogens is 514 g/mol. The first-order valence-electron chi connectivity index (χ1n) is 13.9. The van der Waals surface area contributed by atoms with Crippen molar-refractivity contribution in [2.75, 3.05) is 0 Å². The van der Waals surface area contributed by atoms with E-state index in [1.54, 1.807) is 16.5 Å². The van der Waals surface area contributed by atoms with E-state index in [0.717, 1.165) is 66.1 Å². The highest BCUT2D eigenvalue weighted by atomic mass is 16.1. The van der Waals surface area contributed by atoms with Gasteiger partial charge < -0.3 is 0 Å². The lowest BCUT2D eigenvalue weighted by molar-refractivity contribution is 1.19. The van der Waals surface area contributed by atoms with Crippen LogP contribution in [0.4, 0.5) is 0 Å². The molecule has 0 aliphatic rings. The number of pyridine rings is 1. The molecule has 6 aromatic carbocycles. The average Bonchev–Trinajstić information content (AvgIpc) is 3.44. The first-order chi connectivity index (χ1) is 20.6. The van der Waals surface area contributed by atoms with E-state index in [4.69, 9.17) is 4.98 Å². The van der Waals surface area contributed by atoms with E-state index in [1.807, 2.05) is 48.5 Å². The Kier molecular flexibility index (Phi) is 5.22. The van der Waals surface area contributed by atoms with E-state index in [1.165, 1.54) is 0 Å². The molecule has 2 heterocycles. The number of aromatic nitrogens is 2. The van der Waals surface area contributed by atoms with Gasteiger partial charge in [-0.1, -0.05) is 91.0 Å². The lowest BCUT2D eigenvalue weighted by Crippen LogP contribution is -2.14. The summed E-state index contributed by atoms with van der Waals surface area (Å²) in [5.74, 6) is 0. The number of aryl methyl sites for hydroxylation is 1. The summed E-state index contributed by atoms with van der Waals surface area (Å²) in [6, 6.07) is 42.8. The average molecular weight is 538 g/mol. The van der Waals surface area contributed by atoms with Gasteiger partial charge in [-0.2, -0.15) is 5.26 Å². The van der Waals surface area contributed by atoms with Crippen molar-refractivity contribution in [3.05, 3.63) is 143 Å². The Labute approximate surface area is 241 Å². The third-order valence-corrected chi connectivity index (χ3v) is 8.33. The maximum absolute atomic E-state index is 14.5. The highest BCUT2D eigenvalue weighted by molar-refractivity contribution is 6.21. The van der Waals surface area contributed by atoms with Gasteiger partial charge in [0.05, 0.1) is 22.7 Å². The number of hydrogen-bond donors (Lipinski definition) is 0. The topological polar surface area (TPSA) is 58.2 Å². The van der Waals surface area contributed by atoms with Crippen molar-refractivity contribution in [1.82, 2.24) is 9.38 Å². The molecule has 4 heteroatoms. The second kappa shape index (κ2) is 9.12. The fourth-order valence-electron chi connectivity index (χ4n) is 6.40. The van der Waals surface area contributed by atoms with Crippen LogP contribution in [0.15, 0.2) is 126 Å². The Morgan fingerprint density at radius 3 is 2.07 bits per heavy atom. The molecule has 0 aliphatic heterocycles. The van der Waals surface area contributed by atoms with Crippen LogP contribution in [0.25, 0.3) is 71.6 Å². The van der Waals surface area contributed by atoms with Gasteiger partial charge in [-0.15, -0.1) is 0 Å². The molecule has 0 spiro atoms. The molecule has 0 fully saturated rings. The zero-order valence-corrected chi connectivity index (χ0v) is 22.8. The van der Waals surface area contributed by atoms with Gasteiger partial charge in [0, 0.05) is 27.1 Å². The van der Waals surface area contributed by atoms with Gasteiger partial charge in [-0.25, -0.2) is 4.98 Å². The Morgan fingerprint density at radius 2 is 1.33 bits per heavy atom. The van der Waals surface area contributed by atoms with Gasteiger partial charge in [0.15, 0.2) is 0 Å².